The van der Waals surface area contributed by atoms with Crippen LogP contribution in [0.1, 0.15) is 44.4 Å². The van der Waals surface area contributed by atoms with Crippen LogP contribution >= 0.6 is 0 Å². The number of hydrogen-bond acceptors (Lipinski definition) is 7. The molecule has 3 rings (SSSR count). The van der Waals surface area contributed by atoms with Crippen LogP contribution in [0.5, 0.6) is 0 Å². The van der Waals surface area contributed by atoms with E-state index in [1.165, 1.54) is 23.4 Å². The lowest BCUT2D eigenvalue weighted by atomic mass is 9.87. The minimum Gasteiger partial charge on any atom is -0.363 e. The summed E-state index contributed by atoms with van der Waals surface area (Å²) in [7, 11) is 0. The van der Waals surface area contributed by atoms with Crippen molar-refractivity contribution in [2.24, 2.45) is 5.10 Å². The first-order valence-corrected chi connectivity index (χ1v) is 9.89. The Hall–Kier alpha value is -3.75. The number of aryl methyl sites for hydroxylation is 1. The van der Waals surface area contributed by atoms with Gasteiger partial charge in [0, 0.05) is 23.9 Å². The van der Waals surface area contributed by atoms with Crippen molar-refractivity contribution in [3.63, 3.8) is 0 Å². The molecule has 0 aliphatic carbocycles. The second-order valence-corrected chi connectivity index (χ2v) is 8.04. The van der Waals surface area contributed by atoms with E-state index >= 15 is 0 Å². The van der Waals surface area contributed by atoms with Crippen LogP contribution in [-0.2, 0) is 0 Å². The summed E-state index contributed by atoms with van der Waals surface area (Å²) in [5, 5.41) is 26.3. The summed E-state index contributed by atoms with van der Waals surface area (Å²) in [6.07, 6.45) is 3.84. The summed E-state index contributed by atoms with van der Waals surface area (Å²) in [5.41, 5.74) is 7.24. The van der Waals surface area contributed by atoms with Gasteiger partial charge < -0.3 is 4.90 Å². The van der Waals surface area contributed by atoms with Gasteiger partial charge >= 0.3 is 5.69 Å². The molecular weight excluding hydrogens is 398 g/mol. The normalized spacial score (nSPS) is 14.9. The summed E-state index contributed by atoms with van der Waals surface area (Å²) in [4.78, 5) is 23.1. The Kier molecular flexibility index (Phi) is 5.79. The number of nitrogens with zero attached hydrogens (tertiary/aromatic N) is 4. The highest BCUT2D eigenvalue weighted by atomic mass is 16.6. The fourth-order valence-corrected chi connectivity index (χ4v) is 4.01. The molecule has 0 spiro atoms. The van der Waals surface area contributed by atoms with Gasteiger partial charge in [0.15, 0.2) is 0 Å². The number of nitro groups is 2. The number of rotatable bonds is 6. The summed E-state index contributed by atoms with van der Waals surface area (Å²) in [6.45, 7) is 11.5. The van der Waals surface area contributed by atoms with Crippen molar-refractivity contribution in [3.05, 3.63) is 73.3 Å². The number of non-ortho nitro benzene ring substituents is 1. The zero-order valence-corrected chi connectivity index (χ0v) is 18.2. The first kappa shape index (κ1) is 21.9. The molecule has 0 fully saturated rings. The zero-order valence-electron chi connectivity index (χ0n) is 18.2. The van der Waals surface area contributed by atoms with E-state index in [-0.39, 0.29) is 16.9 Å². The SMILES string of the molecule is CCN1c2cc(C)c(/C=N\Nc3ccc([N+](=O)[O-])cc3[N+](=O)[O-])cc2C(C)=CC1(C)C. The zero-order chi connectivity index (χ0) is 22.9. The van der Waals surface area contributed by atoms with Crippen molar-refractivity contribution < 1.29 is 9.85 Å². The maximum Gasteiger partial charge on any atom is 0.301 e. The van der Waals surface area contributed by atoms with Crippen LogP contribution in [0.25, 0.3) is 5.57 Å². The van der Waals surface area contributed by atoms with E-state index in [1.807, 2.05) is 6.92 Å². The van der Waals surface area contributed by atoms with Crippen molar-refractivity contribution in [2.75, 3.05) is 16.9 Å². The minimum absolute atomic E-state index is 0.0791. The van der Waals surface area contributed by atoms with Crippen LogP contribution in [0, 0.1) is 27.2 Å². The summed E-state index contributed by atoms with van der Waals surface area (Å²) in [6, 6.07) is 7.58. The largest absolute Gasteiger partial charge is 0.363 e. The number of nitro benzene ring substituents is 2. The highest BCUT2D eigenvalue weighted by Crippen LogP contribution is 2.40. The van der Waals surface area contributed by atoms with Gasteiger partial charge in [0.2, 0.25) is 0 Å². The summed E-state index contributed by atoms with van der Waals surface area (Å²) < 4.78 is 0. The molecular formula is C22H25N5O4. The Morgan fingerprint density at radius 3 is 2.45 bits per heavy atom. The molecule has 0 saturated carbocycles. The number of hydrazone groups is 1. The quantitative estimate of drug-likeness (QED) is 0.384. The van der Waals surface area contributed by atoms with Gasteiger partial charge in [-0.25, -0.2) is 0 Å². The maximum atomic E-state index is 11.3. The molecule has 2 aromatic carbocycles. The van der Waals surface area contributed by atoms with Crippen LogP contribution in [0.3, 0.4) is 0 Å². The van der Waals surface area contributed by atoms with E-state index in [0.717, 1.165) is 29.3 Å². The number of fused-ring (bicyclic) bond motifs is 1. The van der Waals surface area contributed by atoms with Gasteiger partial charge in [-0.15, -0.1) is 0 Å². The lowest BCUT2D eigenvalue weighted by molar-refractivity contribution is -0.393. The molecule has 0 atom stereocenters. The van der Waals surface area contributed by atoms with Gasteiger partial charge in [-0.1, -0.05) is 6.08 Å². The third-order valence-electron chi connectivity index (χ3n) is 5.46. The third kappa shape index (κ3) is 4.25. The minimum atomic E-state index is -0.676. The third-order valence-corrected chi connectivity index (χ3v) is 5.46. The molecule has 31 heavy (non-hydrogen) atoms. The molecule has 162 valence electrons. The molecule has 2 aromatic rings. The second kappa shape index (κ2) is 8.17. The first-order valence-electron chi connectivity index (χ1n) is 9.89. The molecule has 0 amide bonds. The van der Waals surface area contributed by atoms with E-state index in [1.54, 1.807) is 6.21 Å². The van der Waals surface area contributed by atoms with Crippen molar-refractivity contribution in [3.8, 4) is 0 Å². The van der Waals surface area contributed by atoms with Gasteiger partial charge in [-0.3, -0.25) is 25.7 Å². The van der Waals surface area contributed by atoms with Gasteiger partial charge in [0.05, 0.1) is 27.7 Å². The number of allylic oxidation sites excluding steroid dienone is 1. The van der Waals surface area contributed by atoms with Crippen LogP contribution in [0.4, 0.5) is 22.7 Å². The van der Waals surface area contributed by atoms with Crippen molar-refractivity contribution >= 4 is 34.5 Å². The predicted molar refractivity (Wildman–Crippen MR) is 123 cm³/mol. The molecule has 0 bridgehead atoms. The number of hydrogen-bond donors (Lipinski definition) is 1. The van der Waals surface area contributed by atoms with Crippen molar-refractivity contribution in [2.45, 2.75) is 40.2 Å². The fraction of sp³-hybridized carbons (Fsp3) is 0.318. The number of anilines is 2. The maximum absolute atomic E-state index is 11.3. The number of benzene rings is 2. The Labute approximate surface area is 180 Å². The molecule has 1 N–H and O–H groups in total. The Morgan fingerprint density at radius 1 is 1.13 bits per heavy atom. The standard InChI is InChI=1S/C22H25N5O4/c1-6-25-20-9-14(2)16(10-18(20)15(3)12-22(25,4)5)13-23-24-19-8-7-17(26(28)29)11-21(19)27(30)31/h7-13,24H,6H2,1-5H3/b23-13-. The number of nitrogens with one attached hydrogen (secondary N) is 1. The lowest BCUT2D eigenvalue weighted by Gasteiger charge is -2.43. The highest BCUT2D eigenvalue weighted by molar-refractivity contribution is 5.89. The highest BCUT2D eigenvalue weighted by Gasteiger charge is 2.30. The van der Waals surface area contributed by atoms with Gasteiger partial charge in [-0.05, 0) is 69.5 Å². The molecule has 9 nitrogen and oxygen atoms in total. The Morgan fingerprint density at radius 2 is 1.84 bits per heavy atom. The smallest absolute Gasteiger partial charge is 0.301 e. The van der Waals surface area contributed by atoms with E-state index in [4.69, 9.17) is 0 Å². The second-order valence-electron chi connectivity index (χ2n) is 8.04. The fourth-order valence-electron chi connectivity index (χ4n) is 4.01. The number of likely N-dealkylation sites (N-methyl/N-ethyl adjacent to an activating group) is 1. The van der Waals surface area contributed by atoms with E-state index in [9.17, 15) is 20.2 Å². The average molecular weight is 423 g/mol. The monoisotopic (exact) mass is 423 g/mol. The van der Waals surface area contributed by atoms with E-state index in [2.05, 4.69) is 61.3 Å². The Bertz CT molecular complexity index is 1120. The summed E-state index contributed by atoms with van der Waals surface area (Å²) in [5.74, 6) is 0. The Balaban J connectivity index is 1.92. The molecule has 0 aromatic heterocycles. The average Bonchev–Trinajstić information content (AvgIpc) is 2.68. The molecule has 0 saturated heterocycles. The topological polar surface area (TPSA) is 114 Å². The van der Waals surface area contributed by atoms with Gasteiger partial charge in [0.1, 0.15) is 5.69 Å². The van der Waals surface area contributed by atoms with Gasteiger partial charge in [0.25, 0.3) is 5.69 Å². The lowest BCUT2D eigenvalue weighted by Crippen LogP contribution is -2.45. The van der Waals surface area contributed by atoms with Crippen molar-refractivity contribution in [1.82, 2.24) is 0 Å². The summed E-state index contributed by atoms with van der Waals surface area (Å²) >= 11 is 0. The van der Waals surface area contributed by atoms with Crippen LogP contribution in [0.15, 0.2) is 41.5 Å². The van der Waals surface area contributed by atoms with Crippen LogP contribution < -0.4 is 10.3 Å². The predicted octanol–water partition coefficient (Wildman–Crippen LogP) is 5.28. The van der Waals surface area contributed by atoms with Crippen LogP contribution in [-0.4, -0.2) is 28.1 Å². The molecule has 1 aliphatic rings. The van der Waals surface area contributed by atoms with Crippen LogP contribution in [0.2, 0.25) is 0 Å². The molecule has 9 heteroatoms. The van der Waals surface area contributed by atoms with Gasteiger partial charge in [-0.2, -0.15) is 5.10 Å². The molecule has 1 heterocycles. The van der Waals surface area contributed by atoms with E-state index in [0.29, 0.717) is 0 Å². The first-order chi connectivity index (χ1) is 14.5. The molecule has 1 aliphatic heterocycles. The molecule has 0 unspecified atom stereocenters. The van der Waals surface area contributed by atoms with E-state index < -0.39 is 15.5 Å². The van der Waals surface area contributed by atoms with Crippen molar-refractivity contribution in [1.29, 1.82) is 0 Å². The molecule has 0 radical (unpaired) electrons.